The van der Waals surface area contributed by atoms with Crippen LogP contribution in [0.5, 0.6) is 0 Å². The normalized spacial score (nSPS) is 22.0. The number of ketones is 2. The Morgan fingerprint density at radius 3 is 2.28 bits per heavy atom. The van der Waals surface area contributed by atoms with Gasteiger partial charge in [-0.15, -0.1) is 0 Å². The zero-order valence-corrected chi connectivity index (χ0v) is 13.9. The lowest BCUT2D eigenvalue weighted by atomic mass is 9.69. The summed E-state index contributed by atoms with van der Waals surface area (Å²) in [5.74, 6) is 0.127. The largest absolute Gasteiger partial charge is 0.295 e. The highest BCUT2D eigenvalue weighted by atomic mass is 16.1. The van der Waals surface area contributed by atoms with Crippen molar-refractivity contribution < 1.29 is 9.59 Å². The van der Waals surface area contributed by atoms with Crippen LogP contribution in [0.25, 0.3) is 5.57 Å². The van der Waals surface area contributed by atoms with Gasteiger partial charge in [-0.3, -0.25) is 9.59 Å². The van der Waals surface area contributed by atoms with Gasteiger partial charge in [-0.25, -0.2) is 0 Å². The minimum Gasteiger partial charge on any atom is -0.295 e. The van der Waals surface area contributed by atoms with Crippen LogP contribution in [0.3, 0.4) is 0 Å². The van der Waals surface area contributed by atoms with Gasteiger partial charge < -0.3 is 0 Å². The average molecular weight is 326 g/mol. The van der Waals surface area contributed by atoms with E-state index in [9.17, 15) is 9.59 Å². The number of Topliss-reactive ketones (excluding diaryl/α,β-unsaturated/α-hetero) is 2. The first kappa shape index (κ1) is 14.6. The second kappa shape index (κ2) is 5.38. The number of hydrogen-bond donors (Lipinski definition) is 0. The molecule has 0 spiro atoms. The van der Waals surface area contributed by atoms with E-state index in [1.165, 1.54) is 5.57 Å². The van der Waals surface area contributed by atoms with Gasteiger partial charge in [0.2, 0.25) is 0 Å². The molecule has 0 saturated carbocycles. The molecule has 0 N–H and O–H groups in total. The van der Waals surface area contributed by atoms with Gasteiger partial charge in [0.15, 0.2) is 11.6 Å². The SMILES string of the molecule is O=C1CCCC2=C1C(c1ccccc1)C1=C(C2)c2ccccc2C1=O. The van der Waals surface area contributed by atoms with E-state index in [0.717, 1.165) is 52.7 Å². The highest BCUT2D eigenvalue weighted by Crippen LogP contribution is 2.52. The second-order valence-corrected chi connectivity index (χ2v) is 7.08. The molecule has 5 rings (SSSR count). The maximum atomic E-state index is 13.2. The van der Waals surface area contributed by atoms with Crippen LogP contribution in [0.1, 0.15) is 53.1 Å². The molecule has 25 heavy (non-hydrogen) atoms. The van der Waals surface area contributed by atoms with Gasteiger partial charge in [0.1, 0.15) is 0 Å². The van der Waals surface area contributed by atoms with E-state index in [-0.39, 0.29) is 17.5 Å². The van der Waals surface area contributed by atoms with Crippen molar-refractivity contribution in [2.75, 3.05) is 0 Å². The van der Waals surface area contributed by atoms with Crippen molar-refractivity contribution in [3.8, 4) is 0 Å². The van der Waals surface area contributed by atoms with Gasteiger partial charge in [-0.1, -0.05) is 60.2 Å². The van der Waals surface area contributed by atoms with Crippen LogP contribution in [-0.2, 0) is 4.79 Å². The molecule has 0 aliphatic heterocycles. The lowest BCUT2D eigenvalue weighted by molar-refractivity contribution is -0.116. The van der Waals surface area contributed by atoms with Gasteiger partial charge in [0.05, 0.1) is 0 Å². The predicted molar refractivity (Wildman–Crippen MR) is 97.4 cm³/mol. The van der Waals surface area contributed by atoms with Gasteiger partial charge in [-0.2, -0.15) is 0 Å². The lowest BCUT2D eigenvalue weighted by Crippen LogP contribution is -2.25. The zero-order valence-electron chi connectivity index (χ0n) is 13.9. The number of carbonyl (C=O) groups excluding carboxylic acids is 2. The molecule has 0 saturated heterocycles. The van der Waals surface area contributed by atoms with Gasteiger partial charge in [0.25, 0.3) is 0 Å². The molecule has 2 aromatic carbocycles. The Morgan fingerprint density at radius 2 is 1.48 bits per heavy atom. The van der Waals surface area contributed by atoms with Crippen molar-refractivity contribution in [3.05, 3.63) is 88.0 Å². The van der Waals surface area contributed by atoms with Crippen LogP contribution in [-0.4, -0.2) is 11.6 Å². The van der Waals surface area contributed by atoms with Gasteiger partial charge in [0, 0.05) is 29.0 Å². The van der Waals surface area contributed by atoms with E-state index in [0.29, 0.717) is 6.42 Å². The lowest BCUT2D eigenvalue weighted by Gasteiger charge is -2.32. The summed E-state index contributed by atoms with van der Waals surface area (Å²) in [5, 5.41) is 0. The first-order valence-corrected chi connectivity index (χ1v) is 8.93. The molecule has 1 unspecified atom stereocenters. The van der Waals surface area contributed by atoms with Crippen LogP contribution in [0.4, 0.5) is 0 Å². The quantitative estimate of drug-likeness (QED) is 0.749. The monoisotopic (exact) mass is 326 g/mol. The molecule has 2 aromatic rings. The first-order chi connectivity index (χ1) is 12.3. The number of fused-ring (bicyclic) bond motifs is 2. The van der Waals surface area contributed by atoms with Crippen LogP contribution in [0, 0.1) is 0 Å². The summed E-state index contributed by atoms with van der Waals surface area (Å²) in [6.07, 6.45) is 3.25. The molecule has 2 nitrogen and oxygen atoms in total. The van der Waals surface area contributed by atoms with Crippen molar-refractivity contribution >= 4 is 17.1 Å². The molecule has 1 atom stereocenters. The van der Waals surface area contributed by atoms with E-state index in [1.54, 1.807) is 0 Å². The maximum absolute atomic E-state index is 13.2. The second-order valence-electron chi connectivity index (χ2n) is 7.08. The van der Waals surface area contributed by atoms with Crippen molar-refractivity contribution in [3.63, 3.8) is 0 Å². The van der Waals surface area contributed by atoms with Crippen LogP contribution in [0.2, 0.25) is 0 Å². The van der Waals surface area contributed by atoms with E-state index < -0.39 is 0 Å². The third-order valence-electron chi connectivity index (χ3n) is 5.73. The molecular formula is C23H18O2. The number of rotatable bonds is 1. The third kappa shape index (κ3) is 2.03. The smallest absolute Gasteiger partial charge is 0.190 e. The van der Waals surface area contributed by atoms with Crippen LogP contribution in [0.15, 0.2) is 71.3 Å². The Bertz CT molecular complexity index is 976. The first-order valence-electron chi connectivity index (χ1n) is 8.93. The Kier molecular flexibility index (Phi) is 3.14. The minimum atomic E-state index is -0.201. The summed E-state index contributed by atoms with van der Waals surface area (Å²) in [4.78, 5) is 26.0. The minimum absolute atomic E-state index is 0.101. The standard InChI is InChI=1S/C23H18O2/c24-19-12-6-9-15-13-18-16-10-4-5-11-17(16)23(25)22(18)21(20(15)19)14-7-2-1-3-8-14/h1-5,7-8,10-11,21H,6,9,12-13H2. The summed E-state index contributed by atoms with van der Waals surface area (Å²) < 4.78 is 0. The molecule has 3 aliphatic carbocycles. The van der Waals surface area contributed by atoms with Crippen molar-refractivity contribution in [2.24, 2.45) is 0 Å². The van der Waals surface area contributed by atoms with Crippen LogP contribution < -0.4 is 0 Å². The number of allylic oxidation sites excluding steroid dienone is 4. The molecule has 0 heterocycles. The molecule has 3 aliphatic rings. The van der Waals surface area contributed by atoms with Gasteiger partial charge in [-0.05, 0) is 36.0 Å². The molecule has 0 aromatic heterocycles. The summed E-state index contributed by atoms with van der Waals surface area (Å²) >= 11 is 0. The summed E-state index contributed by atoms with van der Waals surface area (Å²) in [7, 11) is 0. The number of hydrogen-bond acceptors (Lipinski definition) is 2. The highest BCUT2D eigenvalue weighted by molar-refractivity contribution is 6.23. The van der Waals surface area contributed by atoms with Crippen molar-refractivity contribution in [1.82, 2.24) is 0 Å². The Morgan fingerprint density at radius 1 is 0.760 bits per heavy atom. The van der Waals surface area contributed by atoms with E-state index in [2.05, 4.69) is 0 Å². The molecule has 2 heteroatoms. The fraction of sp³-hybridized carbons (Fsp3) is 0.217. The molecule has 0 fully saturated rings. The molecular weight excluding hydrogens is 308 g/mol. The molecule has 0 radical (unpaired) electrons. The molecule has 0 bridgehead atoms. The van der Waals surface area contributed by atoms with E-state index in [4.69, 9.17) is 0 Å². The maximum Gasteiger partial charge on any atom is 0.190 e. The van der Waals surface area contributed by atoms with Crippen molar-refractivity contribution in [2.45, 2.75) is 31.6 Å². The number of benzene rings is 2. The average Bonchev–Trinajstić information content (AvgIpc) is 2.94. The Hall–Kier alpha value is -2.74. The fourth-order valence-corrected chi connectivity index (χ4v) is 4.68. The summed E-state index contributed by atoms with van der Waals surface area (Å²) in [6.45, 7) is 0. The topological polar surface area (TPSA) is 34.1 Å². The molecule has 122 valence electrons. The summed E-state index contributed by atoms with van der Waals surface area (Å²) in [5.41, 5.74) is 7.03. The van der Waals surface area contributed by atoms with E-state index in [1.807, 2.05) is 54.6 Å². The molecule has 0 amide bonds. The number of carbonyl (C=O) groups is 2. The van der Waals surface area contributed by atoms with Gasteiger partial charge >= 0.3 is 0 Å². The zero-order chi connectivity index (χ0) is 17.0. The fourth-order valence-electron chi connectivity index (χ4n) is 4.68. The predicted octanol–water partition coefficient (Wildman–Crippen LogP) is 4.87. The highest BCUT2D eigenvalue weighted by Gasteiger charge is 2.43. The third-order valence-corrected chi connectivity index (χ3v) is 5.73. The van der Waals surface area contributed by atoms with Crippen LogP contribution >= 0.6 is 0 Å². The Labute approximate surface area is 146 Å². The van der Waals surface area contributed by atoms with E-state index >= 15 is 0 Å². The summed E-state index contributed by atoms with van der Waals surface area (Å²) in [6, 6.07) is 17.9. The Balaban J connectivity index is 1.77. The van der Waals surface area contributed by atoms with Crippen molar-refractivity contribution in [1.29, 1.82) is 0 Å².